The number of nitrogens with two attached hydrogens (primary N) is 1. The molecule has 0 radical (unpaired) electrons. The zero-order chi connectivity index (χ0) is 15.4. The molecule has 0 atom stereocenters. The van der Waals surface area contributed by atoms with Crippen LogP contribution >= 0.6 is 0 Å². The lowest BCUT2D eigenvalue weighted by Gasteiger charge is -2.13. The summed E-state index contributed by atoms with van der Waals surface area (Å²) in [5.74, 6) is 0. The van der Waals surface area contributed by atoms with E-state index in [2.05, 4.69) is 10.0 Å². The number of halogens is 3. The molecule has 114 valence electrons. The van der Waals surface area contributed by atoms with Crippen LogP contribution in [0.5, 0.6) is 0 Å². The zero-order valence-corrected chi connectivity index (χ0v) is 11.6. The molecule has 0 aliphatic carbocycles. The topological polar surface area (TPSA) is 84.2 Å². The van der Waals surface area contributed by atoms with E-state index in [0.29, 0.717) is 13.0 Å². The van der Waals surface area contributed by atoms with E-state index in [1.807, 2.05) is 0 Å². The molecule has 20 heavy (non-hydrogen) atoms. The summed E-state index contributed by atoms with van der Waals surface area (Å²) in [4.78, 5) is 0. The van der Waals surface area contributed by atoms with E-state index in [1.54, 1.807) is 0 Å². The highest BCUT2D eigenvalue weighted by Crippen LogP contribution is 2.35. The molecule has 9 heteroatoms. The molecular weight excluding hydrogens is 295 g/mol. The molecule has 1 rings (SSSR count). The Bertz CT molecular complexity index is 559. The van der Waals surface area contributed by atoms with Gasteiger partial charge in [-0.15, -0.1) is 0 Å². The van der Waals surface area contributed by atoms with Crippen molar-refractivity contribution in [3.63, 3.8) is 0 Å². The molecule has 1 aromatic rings. The van der Waals surface area contributed by atoms with Gasteiger partial charge in [0.05, 0.1) is 11.8 Å². The van der Waals surface area contributed by atoms with Crippen LogP contribution < -0.4 is 15.8 Å². The third kappa shape index (κ3) is 5.66. The van der Waals surface area contributed by atoms with E-state index in [0.717, 1.165) is 12.3 Å². The zero-order valence-electron chi connectivity index (χ0n) is 10.8. The highest BCUT2D eigenvalue weighted by atomic mass is 32.2. The Labute approximate surface area is 115 Å². The van der Waals surface area contributed by atoms with Crippen LogP contribution in [0.2, 0.25) is 0 Å². The molecule has 0 saturated heterocycles. The van der Waals surface area contributed by atoms with Gasteiger partial charge in [-0.05, 0) is 24.6 Å². The van der Waals surface area contributed by atoms with Crippen LogP contribution in [-0.4, -0.2) is 27.8 Å². The molecular formula is C11H16F3N3O2S. The summed E-state index contributed by atoms with van der Waals surface area (Å²) in [5.41, 5.74) is 4.34. The van der Waals surface area contributed by atoms with E-state index < -0.39 is 21.8 Å². The minimum absolute atomic E-state index is 0.215. The Morgan fingerprint density at radius 2 is 1.90 bits per heavy atom. The van der Waals surface area contributed by atoms with Gasteiger partial charge < -0.3 is 11.1 Å². The van der Waals surface area contributed by atoms with E-state index in [4.69, 9.17) is 5.73 Å². The van der Waals surface area contributed by atoms with Gasteiger partial charge in [-0.25, -0.2) is 13.1 Å². The normalized spacial score (nSPS) is 12.4. The van der Waals surface area contributed by atoms with Gasteiger partial charge in [-0.2, -0.15) is 13.2 Å². The molecule has 0 amide bonds. The van der Waals surface area contributed by atoms with E-state index >= 15 is 0 Å². The number of alkyl halides is 3. The Balaban J connectivity index is 2.53. The van der Waals surface area contributed by atoms with Crippen molar-refractivity contribution in [1.82, 2.24) is 4.72 Å². The number of hydrogen-bond acceptors (Lipinski definition) is 4. The lowest BCUT2D eigenvalue weighted by atomic mass is 10.1. The SMILES string of the molecule is CS(=O)(=O)NCCCNc1ccc(N)c(C(F)(F)F)c1. The third-order valence-corrected chi connectivity index (χ3v) is 3.13. The second-order valence-electron chi connectivity index (χ2n) is 4.25. The van der Waals surface area contributed by atoms with Crippen molar-refractivity contribution in [3.05, 3.63) is 23.8 Å². The highest BCUT2D eigenvalue weighted by Gasteiger charge is 2.33. The van der Waals surface area contributed by atoms with Gasteiger partial charge >= 0.3 is 6.18 Å². The molecule has 0 aromatic heterocycles. The molecule has 0 heterocycles. The van der Waals surface area contributed by atoms with Gasteiger partial charge in [-0.3, -0.25) is 0 Å². The van der Waals surface area contributed by atoms with Gasteiger partial charge in [0.1, 0.15) is 0 Å². The summed E-state index contributed by atoms with van der Waals surface area (Å²) in [6.45, 7) is 0.552. The minimum Gasteiger partial charge on any atom is -0.398 e. The van der Waals surface area contributed by atoms with Crippen LogP contribution in [0, 0.1) is 0 Å². The van der Waals surface area contributed by atoms with Gasteiger partial charge in [0.2, 0.25) is 10.0 Å². The molecule has 0 fully saturated rings. The fourth-order valence-corrected chi connectivity index (χ4v) is 2.01. The van der Waals surface area contributed by atoms with E-state index in [9.17, 15) is 21.6 Å². The standard InChI is InChI=1S/C11H16F3N3O2S/c1-20(18,19)17-6-2-5-16-8-3-4-10(15)9(7-8)11(12,13)14/h3-4,7,16-17H,2,5-6,15H2,1H3. The van der Waals surface area contributed by atoms with Crippen LogP contribution in [-0.2, 0) is 16.2 Å². The van der Waals surface area contributed by atoms with Gasteiger partial charge in [0, 0.05) is 24.5 Å². The third-order valence-electron chi connectivity index (χ3n) is 2.41. The van der Waals surface area contributed by atoms with Crippen molar-refractivity contribution < 1.29 is 21.6 Å². The lowest BCUT2D eigenvalue weighted by Crippen LogP contribution is -2.24. The number of nitrogens with one attached hydrogen (secondary N) is 2. The second kappa shape index (κ2) is 6.31. The molecule has 0 aliphatic heterocycles. The Kier molecular flexibility index (Phi) is 5.23. The first-order chi connectivity index (χ1) is 9.09. The summed E-state index contributed by atoms with van der Waals surface area (Å²) >= 11 is 0. The lowest BCUT2D eigenvalue weighted by molar-refractivity contribution is -0.136. The summed E-state index contributed by atoms with van der Waals surface area (Å²) < 4.78 is 61.7. The average molecular weight is 311 g/mol. The molecule has 0 bridgehead atoms. The smallest absolute Gasteiger partial charge is 0.398 e. The van der Waals surface area contributed by atoms with Crippen molar-refractivity contribution in [2.24, 2.45) is 0 Å². The maximum Gasteiger partial charge on any atom is 0.418 e. The number of sulfonamides is 1. The minimum atomic E-state index is -4.50. The largest absolute Gasteiger partial charge is 0.418 e. The molecule has 0 saturated carbocycles. The van der Waals surface area contributed by atoms with Gasteiger partial charge in [0.15, 0.2) is 0 Å². The quantitative estimate of drug-likeness (QED) is 0.551. The summed E-state index contributed by atoms with van der Waals surface area (Å²) in [7, 11) is -3.24. The summed E-state index contributed by atoms with van der Waals surface area (Å²) in [6, 6.07) is 3.55. The Morgan fingerprint density at radius 1 is 1.25 bits per heavy atom. The molecule has 0 unspecified atom stereocenters. The maximum absolute atomic E-state index is 12.6. The number of nitrogen functional groups attached to an aromatic ring is 1. The van der Waals surface area contributed by atoms with Crippen molar-refractivity contribution in [2.75, 3.05) is 30.4 Å². The van der Waals surface area contributed by atoms with Crippen molar-refractivity contribution in [1.29, 1.82) is 0 Å². The van der Waals surface area contributed by atoms with Gasteiger partial charge in [-0.1, -0.05) is 0 Å². The van der Waals surface area contributed by atoms with E-state index in [-0.39, 0.29) is 17.9 Å². The Hall–Kier alpha value is -1.48. The molecule has 0 aliphatic rings. The van der Waals surface area contributed by atoms with Crippen LogP contribution in [0.4, 0.5) is 24.5 Å². The molecule has 1 aromatic carbocycles. The molecule has 5 nitrogen and oxygen atoms in total. The monoisotopic (exact) mass is 311 g/mol. The number of hydrogen-bond donors (Lipinski definition) is 3. The van der Waals surface area contributed by atoms with Crippen LogP contribution in [0.25, 0.3) is 0 Å². The van der Waals surface area contributed by atoms with Crippen molar-refractivity contribution in [2.45, 2.75) is 12.6 Å². The van der Waals surface area contributed by atoms with Crippen LogP contribution in [0.1, 0.15) is 12.0 Å². The number of rotatable bonds is 6. The van der Waals surface area contributed by atoms with E-state index in [1.165, 1.54) is 12.1 Å². The number of benzene rings is 1. The van der Waals surface area contributed by atoms with Crippen molar-refractivity contribution in [3.8, 4) is 0 Å². The summed E-state index contributed by atoms with van der Waals surface area (Å²) in [5, 5.41) is 2.78. The predicted octanol–water partition coefficient (Wildman–Crippen LogP) is 1.64. The summed E-state index contributed by atoms with van der Waals surface area (Å²) in [6.07, 6.45) is -3.02. The van der Waals surface area contributed by atoms with Crippen LogP contribution in [0.15, 0.2) is 18.2 Å². The fourth-order valence-electron chi connectivity index (χ4n) is 1.49. The van der Waals surface area contributed by atoms with Crippen molar-refractivity contribution >= 4 is 21.4 Å². The first kappa shape index (κ1) is 16.6. The first-order valence-corrected chi connectivity index (χ1v) is 7.64. The first-order valence-electron chi connectivity index (χ1n) is 5.75. The molecule has 4 N–H and O–H groups in total. The predicted molar refractivity (Wildman–Crippen MR) is 71.8 cm³/mol. The van der Waals surface area contributed by atoms with Gasteiger partial charge in [0.25, 0.3) is 0 Å². The highest BCUT2D eigenvalue weighted by molar-refractivity contribution is 7.88. The Morgan fingerprint density at radius 3 is 2.45 bits per heavy atom. The second-order valence-corrected chi connectivity index (χ2v) is 6.08. The maximum atomic E-state index is 12.6. The molecule has 0 spiro atoms. The average Bonchev–Trinajstić information content (AvgIpc) is 2.27. The van der Waals surface area contributed by atoms with Crippen LogP contribution in [0.3, 0.4) is 0 Å². The fraction of sp³-hybridized carbons (Fsp3) is 0.455. The number of anilines is 2.